The molecular formula is C17H23N3O4S2. The number of hydrogen-bond acceptors (Lipinski definition) is 5. The van der Waals surface area contributed by atoms with E-state index in [9.17, 15) is 18.0 Å². The summed E-state index contributed by atoms with van der Waals surface area (Å²) >= 11 is 0.963. The number of aromatic nitrogens is 1. The summed E-state index contributed by atoms with van der Waals surface area (Å²) in [6, 6.07) is 4.42. The second-order valence-electron chi connectivity index (χ2n) is 6.60. The Morgan fingerprint density at radius 1 is 1.31 bits per heavy atom. The smallest absolute Gasteiger partial charge is 0.308 e. The van der Waals surface area contributed by atoms with Gasteiger partial charge in [0.25, 0.3) is 0 Å². The van der Waals surface area contributed by atoms with Gasteiger partial charge in [-0.3, -0.25) is 14.2 Å². The Hall–Kier alpha value is -1.71. The number of thiazole rings is 1. The highest BCUT2D eigenvalue weighted by Gasteiger charge is 2.22. The van der Waals surface area contributed by atoms with Gasteiger partial charge in [0.1, 0.15) is 6.54 Å². The van der Waals surface area contributed by atoms with Crippen molar-refractivity contribution in [2.45, 2.75) is 50.6 Å². The number of carbonyl (C=O) groups is 1. The van der Waals surface area contributed by atoms with Crippen LogP contribution in [0.15, 0.2) is 27.9 Å². The van der Waals surface area contributed by atoms with Gasteiger partial charge in [-0.25, -0.2) is 13.1 Å². The van der Waals surface area contributed by atoms with Gasteiger partial charge in [0, 0.05) is 19.1 Å². The van der Waals surface area contributed by atoms with Crippen molar-refractivity contribution in [3.05, 3.63) is 27.9 Å². The minimum absolute atomic E-state index is 0.00392. The fraction of sp³-hybridized carbons (Fsp3) is 0.529. The molecule has 0 bridgehead atoms. The standard InChI is InChI=1S/C17H23N3O4S2/c1-3-12(2)18-26(23,24)13-6-7-14-15(10-13)25-17(22)20(14)11-16(21)19-8-4-5-9-19/h6-7,10,12,18H,3-5,8-9,11H2,1-2H3. The van der Waals surface area contributed by atoms with Gasteiger partial charge in [-0.2, -0.15) is 0 Å². The number of likely N-dealkylation sites (tertiary alicyclic amines) is 1. The number of rotatable bonds is 6. The maximum atomic E-state index is 12.4. The molecule has 26 heavy (non-hydrogen) atoms. The lowest BCUT2D eigenvalue weighted by Crippen LogP contribution is -2.33. The van der Waals surface area contributed by atoms with Crippen molar-refractivity contribution in [2.75, 3.05) is 13.1 Å². The molecule has 1 saturated heterocycles. The molecule has 1 atom stereocenters. The molecular weight excluding hydrogens is 374 g/mol. The number of nitrogens with zero attached hydrogens (tertiary/aromatic N) is 2. The molecule has 1 aliphatic rings. The molecule has 1 aliphatic heterocycles. The molecule has 3 rings (SSSR count). The van der Waals surface area contributed by atoms with Crippen molar-refractivity contribution in [3.63, 3.8) is 0 Å². The molecule has 1 unspecified atom stereocenters. The first-order valence-electron chi connectivity index (χ1n) is 8.75. The largest absolute Gasteiger partial charge is 0.341 e. The Labute approximate surface area is 156 Å². The molecule has 1 aromatic carbocycles. The van der Waals surface area contributed by atoms with Crippen molar-refractivity contribution in [1.82, 2.24) is 14.2 Å². The van der Waals surface area contributed by atoms with Crippen molar-refractivity contribution in [1.29, 1.82) is 0 Å². The van der Waals surface area contributed by atoms with Crippen LogP contribution >= 0.6 is 11.3 Å². The number of amides is 1. The highest BCUT2D eigenvalue weighted by atomic mass is 32.2. The van der Waals surface area contributed by atoms with Crippen LogP contribution in [-0.2, 0) is 21.4 Å². The third-order valence-corrected chi connectivity index (χ3v) is 7.20. The Morgan fingerprint density at radius 3 is 2.65 bits per heavy atom. The lowest BCUT2D eigenvalue weighted by molar-refractivity contribution is -0.130. The maximum absolute atomic E-state index is 12.4. The Balaban J connectivity index is 1.90. The minimum Gasteiger partial charge on any atom is -0.341 e. The monoisotopic (exact) mass is 397 g/mol. The number of sulfonamides is 1. The molecule has 142 valence electrons. The summed E-state index contributed by atoms with van der Waals surface area (Å²) < 4.78 is 29.5. The Morgan fingerprint density at radius 2 is 2.00 bits per heavy atom. The van der Waals surface area contributed by atoms with E-state index in [0.717, 1.165) is 37.3 Å². The number of nitrogens with one attached hydrogen (secondary N) is 1. The molecule has 0 radical (unpaired) electrons. The van der Waals surface area contributed by atoms with Crippen LogP contribution in [0.4, 0.5) is 0 Å². The van der Waals surface area contributed by atoms with Gasteiger partial charge in [0.15, 0.2) is 0 Å². The fourth-order valence-corrected chi connectivity index (χ4v) is 5.34. The van der Waals surface area contributed by atoms with Gasteiger partial charge in [-0.1, -0.05) is 18.3 Å². The number of fused-ring (bicyclic) bond motifs is 1. The third-order valence-electron chi connectivity index (χ3n) is 4.67. The zero-order valence-electron chi connectivity index (χ0n) is 14.9. The van der Waals surface area contributed by atoms with Crippen molar-refractivity contribution < 1.29 is 13.2 Å². The SMILES string of the molecule is CCC(C)NS(=O)(=O)c1ccc2c(c1)sc(=O)n2CC(=O)N1CCCC1. The molecule has 0 aliphatic carbocycles. The quantitative estimate of drug-likeness (QED) is 0.804. The zero-order valence-corrected chi connectivity index (χ0v) is 16.5. The zero-order chi connectivity index (χ0) is 18.9. The predicted molar refractivity (Wildman–Crippen MR) is 102 cm³/mol. The summed E-state index contributed by atoms with van der Waals surface area (Å²) in [5.41, 5.74) is 0.593. The first kappa shape index (κ1) is 19.1. The Kier molecular flexibility index (Phi) is 5.50. The molecule has 0 spiro atoms. The van der Waals surface area contributed by atoms with Crippen molar-refractivity contribution >= 4 is 37.5 Å². The van der Waals surface area contributed by atoms with Crippen molar-refractivity contribution in [3.8, 4) is 0 Å². The highest BCUT2D eigenvalue weighted by molar-refractivity contribution is 7.89. The Bertz CT molecular complexity index is 972. The van der Waals surface area contributed by atoms with E-state index in [1.807, 2.05) is 6.92 Å². The van der Waals surface area contributed by atoms with Gasteiger partial charge in [0.2, 0.25) is 15.9 Å². The van der Waals surface area contributed by atoms with E-state index in [2.05, 4.69) is 4.72 Å². The van der Waals surface area contributed by atoms with Crippen LogP contribution in [0.25, 0.3) is 10.2 Å². The van der Waals surface area contributed by atoms with Crippen LogP contribution in [0, 0.1) is 0 Å². The van der Waals surface area contributed by atoms with Crippen LogP contribution in [0.3, 0.4) is 0 Å². The van der Waals surface area contributed by atoms with Gasteiger partial charge in [-0.15, -0.1) is 0 Å². The average Bonchev–Trinajstić information content (AvgIpc) is 3.22. The molecule has 9 heteroatoms. The molecule has 2 aromatic rings. The molecule has 0 saturated carbocycles. The first-order chi connectivity index (χ1) is 12.3. The average molecular weight is 398 g/mol. The van der Waals surface area contributed by atoms with Gasteiger partial charge in [-0.05, 0) is 44.4 Å². The van der Waals surface area contributed by atoms with E-state index >= 15 is 0 Å². The van der Waals surface area contributed by atoms with Crippen LogP contribution in [0.1, 0.15) is 33.1 Å². The van der Waals surface area contributed by atoms with E-state index in [1.54, 1.807) is 17.9 Å². The fourth-order valence-electron chi connectivity index (χ4n) is 2.98. The van der Waals surface area contributed by atoms with Crippen LogP contribution in [0.2, 0.25) is 0 Å². The molecule has 1 amide bonds. The van der Waals surface area contributed by atoms with Crippen LogP contribution < -0.4 is 9.60 Å². The first-order valence-corrected chi connectivity index (χ1v) is 11.1. The molecule has 1 aromatic heterocycles. The normalized spacial score (nSPS) is 16.3. The summed E-state index contributed by atoms with van der Waals surface area (Å²) in [5.74, 6) is -0.0700. The summed E-state index contributed by atoms with van der Waals surface area (Å²) in [7, 11) is -3.63. The molecule has 1 N–H and O–H groups in total. The van der Waals surface area contributed by atoms with E-state index < -0.39 is 10.0 Å². The number of hydrogen-bond donors (Lipinski definition) is 1. The van der Waals surface area contributed by atoms with Gasteiger partial charge in [0.05, 0.1) is 15.1 Å². The van der Waals surface area contributed by atoms with E-state index in [0.29, 0.717) is 16.6 Å². The molecule has 7 nitrogen and oxygen atoms in total. The second-order valence-corrected chi connectivity index (χ2v) is 9.31. The number of carbonyl (C=O) groups excluding carboxylic acids is 1. The van der Waals surface area contributed by atoms with E-state index in [1.165, 1.54) is 16.7 Å². The lowest BCUT2D eigenvalue weighted by Gasteiger charge is -2.15. The van der Waals surface area contributed by atoms with Crippen LogP contribution in [-0.4, -0.2) is 42.9 Å². The van der Waals surface area contributed by atoms with Gasteiger partial charge < -0.3 is 4.90 Å². The maximum Gasteiger partial charge on any atom is 0.308 e. The minimum atomic E-state index is -3.63. The van der Waals surface area contributed by atoms with E-state index in [-0.39, 0.29) is 28.3 Å². The lowest BCUT2D eigenvalue weighted by atomic mass is 10.3. The summed E-state index contributed by atoms with van der Waals surface area (Å²) in [6.07, 6.45) is 2.68. The summed E-state index contributed by atoms with van der Waals surface area (Å²) in [5, 5.41) is 0. The van der Waals surface area contributed by atoms with Gasteiger partial charge >= 0.3 is 4.87 Å². The number of benzene rings is 1. The van der Waals surface area contributed by atoms with Crippen LogP contribution in [0.5, 0.6) is 0 Å². The summed E-state index contributed by atoms with van der Waals surface area (Å²) in [6.45, 7) is 5.17. The molecule has 1 fully saturated rings. The second kappa shape index (κ2) is 7.50. The predicted octanol–water partition coefficient (Wildman–Crippen LogP) is 1.76. The van der Waals surface area contributed by atoms with E-state index in [4.69, 9.17) is 0 Å². The summed E-state index contributed by atoms with van der Waals surface area (Å²) in [4.78, 5) is 26.3. The highest BCUT2D eigenvalue weighted by Crippen LogP contribution is 2.22. The van der Waals surface area contributed by atoms with Crippen molar-refractivity contribution in [2.24, 2.45) is 0 Å². The molecule has 2 heterocycles. The topological polar surface area (TPSA) is 88.5 Å². The third kappa shape index (κ3) is 3.84.